The van der Waals surface area contributed by atoms with E-state index in [1.807, 2.05) is 24.3 Å². The second-order valence-corrected chi connectivity index (χ2v) is 3.68. The van der Waals surface area contributed by atoms with Crippen LogP contribution in [0.3, 0.4) is 0 Å². The summed E-state index contributed by atoms with van der Waals surface area (Å²) in [4.78, 5) is 2.20. The number of benzene rings is 1. The lowest BCUT2D eigenvalue weighted by molar-refractivity contribution is 0.269. The number of likely N-dealkylation sites (N-methyl/N-ethyl adjacent to an activating group) is 1. The van der Waals surface area contributed by atoms with E-state index in [0.717, 1.165) is 6.54 Å². The van der Waals surface area contributed by atoms with Gasteiger partial charge in [0, 0.05) is 19.1 Å². The smallest absolute Gasteiger partial charge is 0.0991 e. The molecule has 1 rings (SSSR count). The van der Waals surface area contributed by atoms with Gasteiger partial charge in [0.1, 0.15) is 0 Å². The van der Waals surface area contributed by atoms with Crippen LogP contribution in [-0.4, -0.2) is 25.0 Å². The van der Waals surface area contributed by atoms with E-state index in [1.54, 1.807) is 0 Å². The summed E-state index contributed by atoms with van der Waals surface area (Å²) in [6.45, 7) is 3.68. The van der Waals surface area contributed by atoms with E-state index in [2.05, 4.69) is 24.9 Å². The maximum absolute atomic E-state index is 8.68. The molecule has 15 heavy (non-hydrogen) atoms. The van der Waals surface area contributed by atoms with Crippen LogP contribution in [0.25, 0.3) is 0 Å². The minimum Gasteiger partial charge on any atom is -0.329 e. The molecular weight excluding hydrogens is 186 g/mol. The van der Waals surface area contributed by atoms with Crippen LogP contribution >= 0.6 is 0 Å². The number of rotatable bonds is 4. The average molecular weight is 203 g/mol. The van der Waals surface area contributed by atoms with Crippen molar-refractivity contribution in [1.29, 1.82) is 5.26 Å². The topological polar surface area (TPSA) is 53.0 Å². The van der Waals surface area contributed by atoms with Crippen molar-refractivity contribution in [3.63, 3.8) is 0 Å². The van der Waals surface area contributed by atoms with Gasteiger partial charge in [0.15, 0.2) is 0 Å². The summed E-state index contributed by atoms with van der Waals surface area (Å²) in [5.74, 6) is 0. The molecule has 3 nitrogen and oxygen atoms in total. The number of nitrogens with two attached hydrogens (primary N) is 1. The zero-order valence-corrected chi connectivity index (χ0v) is 9.27. The highest BCUT2D eigenvalue weighted by molar-refractivity contribution is 5.32. The molecule has 0 saturated carbocycles. The van der Waals surface area contributed by atoms with Crippen molar-refractivity contribution in [3.05, 3.63) is 35.4 Å². The standard InChI is InChI=1S/C12H17N3/c1-10(15(2)8-7-13)12-5-3-11(9-14)4-6-12/h3-6,10H,7-8,13H2,1-2H3. The van der Waals surface area contributed by atoms with Gasteiger partial charge in [-0.25, -0.2) is 0 Å². The van der Waals surface area contributed by atoms with Gasteiger partial charge in [0.2, 0.25) is 0 Å². The maximum Gasteiger partial charge on any atom is 0.0991 e. The fourth-order valence-corrected chi connectivity index (χ4v) is 1.49. The SMILES string of the molecule is CC(c1ccc(C#N)cc1)N(C)CCN. The van der Waals surface area contributed by atoms with Crippen LogP contribution in [0.15, 0.2) is 24.3 Å². The molecule has 1 atom stereocenters. The van der Waals surface area contributed by atoms with Crippen molar-refractivity contribution in [2.75, 3.05) is 20.1 Å². The molecule has 1 unspecified atom stereocenters. The molecule has 1 aromatic carbocycles. The van der Waals surface area contributed by atoms with E-state index >= 15 is 0 Å². The summed E-state index contributed by atoms with van der Waals surface area (Å²) >= 11 is 0. The second kappa shape index (κ2) is 5.50. The molecule has 0 heterocycles. The molecule has 1 aromatic rings. The molecule has 0 bridgehead atoms. The summed E-state index contributed by atoms with van der Waals surface area (Å²) in [5.41, 5.74) is 7.42. The molecule has 0 aliphatic carbocycles. The summed E-state index contributed by atoms with van der Waals surface area (Å²) in [6.07, 6.45) is 0. The van der Waals surface area contributed by atoms with Gasteiger partial charge in [-0.15, -0.1) is 0 Å². The van der Waals surface area contributed by atoms with E-state index in [1.165, 1.54) is 5.56 Å². The zero-order chi connectivity index (χ0) is 11.3. The molecular formula is C12H17N3. The minimum atomic E-state index is 0.335. The highest BCUT2D eigenvalue weighted by Gasteiger charge is 2.10. The lowest BCUT2D eigenvalue weighted by Crippen LogP contribution is -2.28. The Balaban J connectivity index is 2.74. The lowest BCUT2D eigenvalue weighted by Gasteiger charge is -2.24. The summed E-state index contributed by atoms with van der Waals surface area (Å²) < 4.78 is 0. The predicted octanol–water partition coefficient (Wildman–Crippen LogP) is 1.51. The van der Waals surface area contributed by atoms with Crippen LogP contribution in [0.5, 0.6) is 0 Å². The Kier molecular flexibility index (Phi) is 4.29. The molecule has 3 heteroatoms. The Bertz CT molecular complexity index is 337. The Morgan fingerprint density at radius 2 is 2.00 bits per heavy atom. The lowest BCUT2D eigenvalue weighted by atomic mass is 10.1. The molecule has 2 N–H and O–H groups in total. The van der Waals surface area contributed by atoms with Crippen LogP contribution in [-0.2, 0) is 0 Å². The second-order valence-electron chi connectivity index (χ2n) is 3.68. The Hall–Kier alpha value is -1.37. The normalized spacial score (nSPS) is 12.5. The molecule has 0 fully saturated rings. The Morgan fingerprint density at radius 3 is 2.47 bits per heavy atom. The highest BCUT2D eigenvalue weighted by atomic mass is 15.1. The fourth-order valence-electron chi connectivity index (χ4n) is 1.49. The van der Waals surface area contributed by atoms with Gasteiger partial charge in [-0.3, -0.25) is 4.90 Å². The third-order valence-electron chi connectivity index (χ3n) is 2.67. The monoisotopic (exact) mass is 203 g/mol. The van der Waals surface area contributed by atoms with Gasteiger partial charge >= 0.3 is 0 Å². The van der Waals surface area contributed by atoms with Gasteiger partial charge in [0.25, 0.3) is 0 Å². The van der Waals surface area contributed by atoms with E-state index in [-0.39, 0.29) is 0 Å². The van der Waals surface area contributed by atoms with Crippen molar-refractivity contribution in [2.45, 2.75) is 13.0 Å². The molecule has 0 radical (unpaired) electrons. The third kappa shape index (κ3) is 3.05. The van der Waals surface area contributed by atoms with Gasteiger partial charge in [-0.05, 0) is 31.7 Å². The molecule has 0 aliphatic rings. The highest BCUT2D eigenvalue weighted by Crippen LogP contribution is 2.18. The zero-order valence-electron chi connectivity index (χ0n) is 9.27. The molecule has 0 amide bonds. The number of nitrogens with zero attached hydrogens (tertiary/aromatic N) is 2. The first-order chi connectivity index (χ1) is 7.19. The predicted molar refractivity (Wildman–Crippen MR) is 61.3 cm³/mol. The average Bonchev–Trinajstić information content (AvgIpc) is 2.28. The largest absolute Gasteiger partial charge is 0.329 e. The quantitative estimate of drug-likeness (QED) is 0.807. The van der Waals surface area contributed by atoms with Crippen molar-refractivity contribution < 1.29 is 0 Å². The summed E-state index contributed by atoms with van der Waals surface area (Å²) in [5, 5.41) is 8.68. The molecule has 0 saturated heterocycles. The van der Waals surface area contributed by atoms with Crippen molar-refractivity contribution in [3.8, 4) is 6.07 Å². The third-order valence-corrected chi connectivity index (χ3v) is 2.67. The summed E-state index contributed by atoms with van der Waals surface area (Å²) in [6, 6.07) is 10.1. The number of nitriles is 1. The van der Waals surface area contributed by atoms with Crippen LogP contribution in [0.2, 0.25) is 0 Å². The maximum atomic E-state index is 8.68. The Labute approximate surface area is 91.1 Å². The van der Waals surface area contributed by atoms with Crippen LogP contribution in [0.1, 0.15) is 24.1 Å². The van der Waals surface area contributed by atoms with Crippen LogP contribution in [0.4, 0.5) is 0 Å². The number of hydrogen-bond acceptors (Lipinski definition) is 3. The van der Waals surface area contributed by atoms with Crippen LogP contribution < -0.4 is 5.73 Å². The Morgan fingerprint density at radius 1 is 1.40 bits per heavy atom. The first-order valence-corrected chi connectivity index (χ1v) is 5.09. The molecule has 80 valence electrons. The van der Waals surface area contributed by atoms with E-state index in [4.69, 9.17) is 11.0 Å². The van der Waals surface area contributed by atoms with Gasteiger partial charge in [0.05, 0.1) is 11.6 Å². The first-order valence-electron chi connectivity index (χ1n) is 5.09. The van der Waals surface area contributed by atoms with Crippen molar-refractivity contribution in [2.24, 2.45) is 5.73 Å². The molecule has 0 aliphatic heterocycles. The molecule has 0 aromatic heterocycles. The van der Waals surface area contributed by atoms with E-state index in [9.17, 15) is 0 Å². The van der Waals surface area contributed by atoms with Crippen molar-refractivity contribution in [1.82, 2.24) is 4.90 Å². The first kappa shape index (κ1) is 11.7. The minimum absolute atomic E-state index is 0.335. The van der Waals surface area contributed by atoms with Gasteiger partial charge in [-0.2, -0.15) is 5.26 Å². The van der Waals surface area contributed by atoms with Gasteiger partial charge in [-0.1, -0.05) is 12.1 Å². The van der Waals surface area contributed by atoms with Crippen molar-refractivity contribution >= 4 is 0 Å². The van der Waals surface area contributed by atoms with E-state index in [0.29, 0.717) is 18.2 Å². The van der Waals surface area contributed by atoms with Gasteiger partial charge < -0.3 is 5.73 Å². The summed E-state index contributed by atoms with van der Waals surface area (Å²) in [7, 11) is 2.05. The van der Waals surface area contributed by atoms with E-state index < -0.39 is 0 Å². The number of hydrogen-bond donors (Lipinski definition) is 1. The van der Waals surface area contributed by atoms with Crippen LogP contribution in [0, 0.1) is 11.3 Å². The fraction of sp³-hybridized carbons (Fsp3) is 0.417. The molecule has 0 spiro atoms.